The topological polar surface area (TPSA) is 27.7 Å². The van der Waals surface area contributed by atoms with Crippen molar-refractivity contribution in [3.8, 4) is 0 Å². The van der Waals surface area contributed by atoms with E-state index < -0.39 is 0 Å². The van der Waals surface area contributed by atoms with Gasteiger partial charge in [-0.15, -0.1) is 0 Å². The summed E-state index contributed by atoms with van der Waals surface area (Å²) in [5.41, 5.74) is 0. The lowest BCUT2D eigenvalue weighted by Crippen LogP contribution is -2.08. The molecule has 0 rings (SSSR count). The third kappa shape index (κ3) is 17.9. The van der Waals surface area contributed by atoms with Crippen LogP contribution in [0.5, 0.6) is 0 Å². The Morgan fingerprint density at radius 3 is 1.58 bits per heavy atom. The van der Waals surface area contributed by atoms with Crippen LogP contribution in [0.3, 0.4) is 0 Å². The number of methoxy groups -OCH3 is 1. The van der Waals surface area contributed by atoms with Crippen LogP contribution < -0.4 is 0 Å². The molecule has 0 radical (unpaired) electrons. The summed E-state index contributed by atoms with van der Waals surface area (Å²) in [5.74, 6) is 0. The average molecular weight is 274 g/mol. The van der Waals surface area contributed by atoms with Crippen molar-refractivity contribution < 1.29 is 14.2 Å². The number of ether oxygens (including phenoxy) is 3. The SMILES string of the molecule is CCCCCCCCCCCOCCOCCOC. The Hall–Kier alpha value is -0.120. The molecule has 0 spiro atoms. The van der Waals surface area contributed by atoms with Gasteiger partial charge in [-0.2, -0.15) is 0 Å². The molecular formula is C16H34O3. The van der Waals surface area contributed by atoms with Crippen LogP contribution in [0.15, 0.2) is 0 Å². The zero-order valence-corrected chi connectivity index (χ0v) is 13.1. The fourth-order valence-corrected chi connectivity index (χ4v) is 1.98. The fraction of sp³-hybridized carbons (Fsp3) is 1.00. The summed E-state index contributed by atoms with van der Waals surface area (Å²) in [5, 5.41) is 0. The Balaban J connectivity index is 2.88. The van der Waals surface area contributed by atoms with Crippen molar-refractivity contribution in [1.82, 2.24) is 0 Å². The summed E-state index contributed by atoms with van der Waals surface area (Å²) in [6, 6.07) is 0. The first-order valence-electron chi connectivity index (χ1n) is 8.06. The zero-order chi connectivity index (χ0) is 14.0. The quantitative estimate of drug-likeness (QED) is 0.395. The highest BCUT2D eigenvalue weighted by Gasteiger charge is 1.93. The molecule has 3 nitrogen and oxygen atoms in total. The van der Waals surface area contributed by atoms with E-state index in [2.05, 4.69) is 6.92 Å². The van der Waals surface area contributed by atoms with Gasteiger partial charge in [0.15, 0.2) is 0 Å². The number of hydrogen-bond acceptors (Lipinski definition) is 3. The molecule has 0 aromatic rings. The van der Waals surface area contributed by atoms with Crippen LogP contribution in [0.4, 0.5) is 0 Å². The van der Waals surface area contributed by atoms with E-state index in [1.54, 1.807) is 7.11 Å². The fourth-order valence-electron chi connectivity index (χ4n) is 1.98. The second-order valence-corrected chi connectivity index (χ2v) is 5.05. The normalized spacial score (nSPS) is 11.1. The van der Waals surface area contributed by atoms with Crippen molar-refractivity contribution in [2.45, 2.75) is 64.7 Å². The van der Waals surface area contributed by atoms with Gasteiger partial charge in [0, 0.05) is 13.7 Å². The summed E-state index contributed by atoms with van der Waals surface area (Å²) >= 11 is 0. The van der Waals surface area contributed by atoms with Crippen molar-refractivity contribution >= 4 is 0 Å². The van der Waals surface area contributed by atoms with E-state index >= 15 is 0 Å². The van der Waals surface area contributed by atoms with Gasteiger partial charge in [0.05, 0.1) is 26.4 Å². The molecule has 3 heteroatoms. The van der Waals surface area contributed by atoms with E-state index in [0.717, 1.165) is 6.61 Å². The van der Waals surface area contributed by atoms with Crippen LogP contribution in [-0.4, -0.2) is 40.1 Å². The zero-order valence-electron chi connectivity index (χ0n) is 13.1. The smallest absolute Gasteiger partial charge is 0.0701 e. The molecule has 0 aromatic carbocycles. The molecule has 19 heavy (non-hydrogen) atoms. The van der Waals surface area contributed by atoms with E-state index in [9.17, 15) is 0 Å². The predicted octanol–water partition coefficient (Wildman–Crippen LogP) is 4.20. The molecule has 0 heterocycles. The number of hydrogen-bond donors (Lipinski definition) is 0. The van der Waals surface area contributed by atoms with Crippen LogP contribution in [0.1, 0.15) is 64.7 Å². The maximum Gasteiger partial charge on any atom is 0.0701 e. The van der Waals surface area contributed by atoms with Gasteiger partial charge in [0.2, 0.25) is 0 Å². The molecule has 116 valence electrons. The van der Waals surface area contributed by atoms with Gasteiger partial charge in [0.1, 0.15) is 0 Å². The molecular weight excluding hydrogens is 240 g/mol. The molecule has 0 aliphatic carbocycles. The summed E-state index contributed by atoms with van der Waals surface area (Å²) in [7, 11) is 1.68. The van der Waals surface area contributed by atoms with Gasteiger partial charge >= 0.3 is 0 Å². The lowest BCUT2D eigenvalue weighted by molar-refractivity contribution is 0.0239. The predicted molar refractivity (Wildman–Crippen MR) is 80.7 cm³/mol. The summed E-state index contributed by atoms with van der Waals surface area (Å²) < 4.78 is 15.7. The van der Waals surface area contributed by atoms with Gasteiger partial charge in [-0.1, -0.05) is 58.3 Å². The van der Waals surface area contributed by atoms with Gasteiger partial charge in [0.25, 0.3) is 0 Å². The highest BCUT2D eigenvalue weighted by molar-refractivity contribution is 4.46. The van der Waals surface area contributed by atoms with E-state index in [-0.39, 0.29) is 0 Å². The first-order chi connectivity index (χ1) is 9.41. The maximum atomic E-state index is 5.51. The third-order valence-electron chi connectivity index (χ3n) is 3.20. The van der Waals surface area contributed by atoms with Crippen LogP contribution in [0.25, 0.3) is 0 Å². The monoisotopic (exact) mass is 274 g/mol. The molecule has 0 aromatic heterocycles. The second kappa shape index (κ2) is 17.9. The second-order valence-electron chi connectivity index (χ2n) is 5.05. The average Bonchev–Trinajstić information content (AvgIpc) is 2.43. The minimum atomic E-state index is 0.665. The number of rotatable bonds is 16. The molecule has 0 atom stereocenters. The van der Waals surface area contributed by atoms with Crippen molar-refractivity contribution in [3.05, 3.63) is 0 Å². The molecule has 0 aliphatic heterocycles. The lowest BCUT2D eigenvalue weighted by Gasteiger charge is -2.05. The minimum Gasteiger partial charge on any atom is -0.382 e. The van der Waals surface area contributed by atoms with Gasteiger partial charge in [-0.05, 0) is 6.42 Å². The standard InChI is InChI=1S/C16H34O3/c1-3-4-5-6-7-8-9-10-11-12-18-15-16-19-14-13-17-2/h3-16H2,1-2H3. The summed E-state index contributed by atoms with van der Waals surface area (Å²) in [4.78, 5) is 0. The molecule has 0 bridgehead atoms. The van der Waals surface area contributed by atoms with Gasteiger partial charge in [-0.25, -0.2) is 0 Å². The summed E-state index contributed by atoms with van der Waals surface area (Å²) in [6.07, 6.45) is 12.2. The van der Waals surface area contributed by atoms with Crippen LogP contribution in [0.2, 0.25) is 0 Å². The van der Waals surface area contributed by atoms with E-state index in [1.807, 2.05) is 0 Å². The lowest BCUT2D eigenvalue weighted by atomic mass is 10.1. The van der Waals surface area contributed by atoms with Crippen LogP contribution >= 0.6 is 0 Å². The third-order valence-corrected chi connectivity index (χ3v) is 3.20. The van der Waals surface area contributed by atoms with Gasteiger partial charge in [-0.3, -0.25) is 0 Å². The van der Waals surface area contributed by atoms with Crippen LogP contribution in [-0.2, 0) is 14.2 Å². The van der Waals surface area contributed by atoms with E-state index in [1.165, 1.54) is 57.8 Å². The highest BCUT2D eigenvalue weighted by atomic mass is 16.5. The van der Waals surface area contributed by atoms with Crippen molar-refractivity contribution in [2.75, 3.05) is 40.1 Å². The molecule has 0 saturated heterocycles. The largest absolute Gasteiger partial charge is 0.382 e. The van der Waals surface area contributed by atoms with E-state index in [0.29, 0.717) is 26.4 Å². The molecule has 0 unspecified atom stereocenters. The molecule has 0 saturated carbocycles. The van der Waals surface area contributed by atoms with E-state index in [4.69, 9.17) is 14.2 Å². The Kier molecular flexibility index (Phi) is 17.8. The molecule has 0 fully saturated rings. The first kappa shape index (κ1) is 18.9. The van der Waals surface area contributed by atoms with Crippen molar-refractivity contribution in [1.29, 1.82) is 0 Å². The molecule has 0 aliphatic rings. The Bertz CT molecular complexity index is 135. The number of unbranched alkanes of at least 4 members (excludes halogenated alkanes) is 8. The minimum absolute atomic E-state index is 0.665. The molecule has 0 N–H and O–H groups in total. The highest BCUT2D eigenvalue weighted by Crippen LogP contribution is 2.09. The first-order valence-corrected chi connectivity index (χ1v) is 8.06. The van der Waals surface area contributed by atoms with Crippen molar-refractivity contribution in [2.24, 2.45) is 0 Å². The Morgan fingerprint density at radius 2 is 1.00 bits per heavy atom. The van der Waals surface area contributed by atoms with Crippen LogP contribution in [0, 0.1) is 0 Å². The van der Waals surface area contributed by atoms with Crippen molar-refractivity contribution in [3.63, 3.8) is 0 Å². The van der Waals surface area contributed by atoms with Gasteiger partial charge < -0.3 is 14.2 Å². The Labute approximate surface area is 120 Å². The summed E-state index contributed by atoms with van der Waals surface area (Å²) in [6.45, 7) is 5.86. The molecule has 0 amide bonds. The maximum absolute atomic E-state index is 5.51. The Morgan fingerprint density at radius 1 is 0.526 bits per heavy atom.